The first-order valence-electron chi connectivity index (χ1n) is 5.64. The van der Waals surface area contributed by atoms with E-state index >= 15 is 0 Å². The number of likely N-dealkylation sites (N-methyl/N-ethyl adjacent to an activating group) is 1. The van der Waals surface area contributed by atoms with Gasteiger partial charge in [-0.3, -0.25) is 9.69 Å². The molecule has 1 saturated heterocycles. The van der Waals surface area contributed by atoms with Gasteiger partial charge in [-0.1, -0.05) is 6.92 Å². The van der Waals surface area contributed by atoms with Gasteiger partial charge in [0.2, 0.25) is 5.91 Å². The van der Waals surface area contributed by atoms with E-state index in [0.717, 1.165) is 13.0 Å². The Hall–Kier alpha value is -0.650. The SMILES string of the molecule is CNC(=O)C(C)C(O)C1CC(OC)CN1C. The van der Waals surface area contributed by atoms with Gasteiger partial charge in [-0.15, -0.1) is 0 Å². The number of nitrogens with one attached hydrogen (secondary N) is 1. The van der Waals surface area contributed by atoms with Crippen LogP contribution in [0.3, 0.4) is 0 Å². The summed E-state index contributed by atoms with van der Waals surface area (Å²) in [5, 5.41) is 12.7. The number of likely N-dealkylation sites (tertiary alicyclic amines) is 1. The van der Waals surface area contributed by atoms with Gasteiger partial charge >= 0.3 is 0 Å². The number of amides is 1. The number of hydrogen-bond donors (Lipinski definition) is 2. The van der Waals surface area contributed by atoms with Gasteiger partial charge in [-0.05, 0) is 13.5 Å². The Morgan fingerprint density at radius 3 is 2.69 bits per heavy atom. The summed E-state index contributed by atoms with van der Waals surface area (Å²) in [6, 6.07) is -0.00255. The van der Waals surface area contributed by atoms with E-state index in [0.29, 0.717) is 0 Å². The van der Waals surface area contributed by atoms with Gasteiger partial charge in [-0.2, -0.15) is 0 Å². The largest absolute Gasteiger partial charge is 0.391 e. The maximum atomic E-state index is 11.4. The molecule has 4 atom stereocenters. The van der Waals surface area contributed by atoms with E-state index in [-0.39, 0.29) is 18.1 Å². The van der Waals surface area contributed by atoms with Crippen molar-refractivity contribution >= 4 is 5.91 Å². The number of nitrogens with zero attached hydrogens (tertiary/aromatic N) is 1. The first-order chi connectivity index (χ1) is 7.51. The van der Waals surface area contributed by atoms with Crippen molar-refractivity contribution in [3.05, 3.63) is 0 Å². The zero-order valence-electron chi connectivity index (χ0n) is 10.4. The fourth-order valence-electron chi connectivity index (χ4n) is 2.27. The van der Waals surface area contributed by atoms with Crippen molar-refractivity contribution < 1.29 is 14.6 Å². The minimum atomic E-state index is -0.648. The van der Waals surface area contributed by atoms with E-state index in [2.05, 4.69) is 10.2 Å². The lowest BCUT2D eigenvalue weighted by Crippen LogP contribution is -2.45. The molecule has 2 N–H and O–H groups in total. The van der Waals surface area contributed by atoms with E-state index < -0.39 is 12.0 Å². The summed E-state index contributed by atoms with van der Waals surface area (Å²) in [6.45, 7) is 2.55. The van der Waals surface area contributed by atoms with Crippen LogP contribution in [0.5, 0.6) is 0 Å². The maximum absolute atomic E-state index is 11.4. The summed E-state index contributed by atoms with van der Waals surface area (Å²) in [5.41, 5.74) is 0. The van der Waals surface area contributed by atoms with E-state index in [1.54, 1.807) is 21.1 Å². The molecule has 1 aliphatic rings. The standard InChI is InChI=1S/C11H22N2O3/c1-7(11(15)12-2)10(14)9-5-8(16-4)6-13(9)3/h7-10,14H,5-6H2,1-4H3,(H,12,15). The van der Waals surface area contributed by atoms with Gasteiger partial charge in [-0.25, -0.2) is 0 Å². The number of aliphatic hydroxyl groups excluding tert-OH is 1. The van der Waals surface area contributed by atoms with Crippen LogP contribution >= 0.6 is 0 Å². The quantitative estimate of drug-likeness (QED) is 0.680. The Kier molecular flexibility index (Phi) is 4.70. The third-order valence-corrected chi connectivity index (χ3v) is 3.46. The minimum Gasteiger partial charge on any atom is -0.391 e. The molecule has 0 aromatic rings. The highest BCUT2D eigenvalue weighted by molar-refractivity contribution is 5.78. The number of carbonyl (C=O) groups excluding carboxylic acids is 1. The molecule has 94 valence electrons. The van der Waals surface area contributed by atoms with E-state index in [1.807, 2.05) is 7.05 Å². The number of rotatable bonds is 4. The third kappa shape index (κ3) is 2.72. The van der Waals surface area contributed by atoms with Crippen LogP contribution in [-0.4, -0.2) is 61.9 Å². The molecule has 0 saturated carbocycles. The van der Waals surface area contributed by atoms with Crippen molar-refractivity contribution in [2.45, 2.75) is 31.6 Å². The Balaban J connectivity index is 2.60. The predicted molar refractivity (Wildman–Crippen MR) is 61.1 cm³/mol. The predicted octanol–water partition coefficient (Wildman–Crippen LogP) is -0.551. The Bertz CT molecular complexity index is 247. The van der Waals surface area contributed by atoms with Crippen LogP contribution in [0.1, 0.15) is 13.3 Å². The van der Waals surface area contributed by atoms with Crippen molar-refractivity contribution in [2.24, 2.45) is 5.92 Å². The number of ether oxygens (including phenoxy) is 1. The molecule has 0 spiro atoms. The molecule has 1 rings (SSSR count). The Morgan fingerprint density at radius 1 is 1.62 bits per heavy atom. The average Bonchev–Trinajstić information content (AvgIpc) is 2.67. The summed E-state index contributed by atoms with van der Waals surface area (Å²) in [4.78, 5) is 13.5. The van der Waals surface area contributed by atoms with Gasteiger partial charge in [0.1, 0.15) is 0 Å². The second-order valence-electron chi connectivity index (χ2n) is 4.49. The fraction of sp³-hybridized carbons (Fsp3) is 0.909. The van der Waals surface area contributed by atoms with Crippen LogP contribution in [0, 0.1) is 5.92 Å². The molecule has 16 heavy (non-hydrogen) atoms. The molecule has 1 aliphatic heterocycles. The van der Waals surface area contributed by atoms with Crippen LogP contribution in [-0.2, 0) is 9.53 Å². The smallest absolute Gasteiger partial charge is 0.225 e. The van der Waals surface area contributed by atoms with Crippen LogP contribution in [0.4, 0.5) is 0 Å². The molecule has 5 heteroatoms. The molecule has 1 amide bonds. The lowest BCUT2D eigenvalue weighted by atomic mass is 9.95. The summed E-state index contributed by atoms with van der Waals surface area (Å²) in [6.07, 6.45) is 0.279. The molecule has 0 radical (unpaired) electrons. The lowest BCUT2D eigenvalue weighted by Gasteiger charge is -2.28. The first kappa shape index (κ1) is 13.4. The van der Waals surface area contributed by atoms with Gasteiger partial charge in [0.25, 0.3) is 0 Å². The second-order valence-corrected chi connectivity index (χ2v) is 4.49. The van der Waals surface area contributed by atoms with Crippen LogP contribution in [0.25, 0.3) is 0 Å². The topological polar surface area (TPSA) is 61.8 Å². The molecular weight excluding hydrogens is 208 g/mol. The molecule has 0 aromatic heterocycles. The molecule has 4 unspecified atom stereocenters. The van der Waals surface area contributed by atoms with Crippen LogP contribution in [0.2, 0.25) is 0 Å². The van der Waals surface area contributed by atoms with Crippen LogP contribution in [0.15, 0.2) is 0 Å². The minimum absolute atomic E-state index is 0.00255. The van der Waals surface area contributed by atoms with Gasteiger partial charge in [0, 0.05) is 26.7 Å². The second kappa shape index (κ2) is 5.61. The van der Waals surface area contributed by atoms with E-state index in [9.17, 15) is 9.90 Å². The molecule has 0 bridgehead atoms. The van der Waals surface area contributed by atoms with E-state index in [1.165, 1.54) is 0 Å². The lowest BCUT2D eigenvalue weighted by molar-refractivity contribution is -0.128. The van der Waals surface area contributed by atoms with Crippen molar-refractivity contribution in [3.8, 4) is 0 Å². The van der Waals surface area contributed by atoms with Gasteiger partial charge < -0.3 is 15.2 Å². The molecule has 0 aliphatic carbocycles. The summed E-state index contributed by atoms with van der Waals surface area (Å²) < 4.78 is 5.28. The molecule has 5 nitrogen and oxygen atoms in total. The highest BCUT2D eigenvalue weighted by Gasteiger charge is 2.38. The molecule has 0 aromatic carbocycles. The maximum Gasteiger partial charge on any atom is 0.225 e. The average molecular weight is 230 g/mol. The fourth-order valence-corrected chi connectivity index (χ4v) is 2.27. The summed E-state index contributed by atoms with van der Waals surface area (Å²) in [5.74, 6) is -0.519. The summed E-state index contributed by atoms with van der Waals surface area (Å²) >= 11 is 0. The number of aliphatic hydroxyl groups is 1. The monoisotopic (exact) mass is 230 g/mol. The molecule has 1 fully saturated rings. The van der Waals surface area contributed by atoms with Gasteiger partial charge in [0.15, 0.2) is 0 Å². The zero-order valence-corrected chi connectivity index (χ0v) is 10.4. The highest BCUT2D eigenvalue weighted by Crippen LogP contribution is 2.24. The van der Waals surface area contributed by atoms with Crippen molar-refractivity contribution in [1.82, 2.24) is 10.2 Å². The first-order valence-corrected chi connectivity index (χ1v) is 5.64. The Morgan fingerprint density at radius 2 is 2.25 bits per heavy atom. The number of methoxy groups -OCH3 is 1. The molecule has 1 heterocycles. The number of hydrogen-bond acceptors (Lipinski definition) is 4. The Labute approximate surface area is 96.8 Å². The van der Waals surface area contributed by atoms with Crippen molar-refractivity contribution in [2.75, 3.05) is 27.7 Å². The van der Waals surface area contributed by atoms with Crippen molar-refractivity contribution in [1.29, 1.82) is 0 Å². The van der Waals surface area contributed by atoms with Gasteiger partial charge in [0.05, 0.1) is 18.1 Å². The third-order valence-electron chi connectivity index (χ3n) is 3.46. The zero-order chi connectivity index (χ0) is 12.3. The summed E-state index contributed by atoms with van der Waals surface area (Å²) in [7, 11) is 5.21. The molecular formula is C11H22N2O3. The van der Waals surface area contributed by atoms with Crippen molar-refractivity contribution in [3.63, 3.8) is 0 Å². The normalized spacial score (nSPS) is 30.1. The van der Waals surface area contributed by atoms with Crippen LogP contribution < -0.4 is 5.32 Å². The number of carbonyl (C=O) groups is 1. The van der Waals surface area contributed by atoms with E-state index in [4.69, 9.17) is 4.74 Å². The highest BCUT2D eigenvalue weighted by atomic mass is 16.5.